The molecular formula is C19H26O6. The number of epoxide rings is 1. The zero-order valence-electron chi connectivity index (χ0n) is 15.4. The van der Waals surface area contributed by atoms with Gasteiger partial charge in [0.1, 0.15) is 18.5 Å². The Bertz CT molecular complexity index is 665. The van der Waals surface area contributed by atoms with E-state index in [0.29, 0.717) is 12.7 Å². The lowest BCUT2D eigenvalue weighted by molar-refractivity contribution is -0.162. The fraction of sp³-hybridized carbons (Fsp3) is 0.737. The van der Waals surface area contributed by atoms with Crippen LogP contribution >= 0.6 is 0 Å². The molecule has 1 N–H and O–H groups in total. The predicted molar refractivity (Wildman–Crippen MR) is 88.5 cm³/mol. The molecule has 1 aliphatic heterocycles. The van der Waals surface area contributed by atoms with E-state index in [2.05, 4.69) is 6.58 Å². The number of ketones is 1. The molecular weight excluding hydrogens is 324 g/mol. The maximum absolute atomic E-state index is 12.9. The first-order chi connectivity index (χ1) is 11.5. The van der Waals surface area contributed by atoms with Crippen LogP contribution in [0.5, 0.6) is 0 Å². The van der Waals surface area contributed by atoms with Crippen molar-refractivity contribution in [2.45, 2.75) is 64.4 Å². The smallest absolute Gasteiger partial charge is 0.308 e. The van der Waals surface area contributed by atoms with Crippen LogP contribution in [0.4, 0.5) is 0 Å². The fourth-order valence-electron chi connectivity index (χ4n) is 4.95. The highest BCUT2D eigenvalue weighted by Gasteiger charge is 2.89. The molecule has 6 nitrogen and oxygen atoms in total. The summed E-state index contributed by atoms with van der Waals surface area (Å²) in [6, 6.07) is 0. The van der Waals surface area contributed by atoms with Crippen LogP contribution < -0.4 is 0 Å². The Morgan fingerprint density at radius 2 is 2.04 bits per heavy atom. The Morgan fingerprint density at radius 3 is 2.56 bits per heavy atom. The van der Waals surface area contributed by atoms with Crippen LogP contribution in [0.2, 0.25) is 0 Å². The number of rotatable bonds is 4. The van der Waals surface area contributed by atoms with E-state index in [9.17, 15) is 19.5 Å². The van der Waals surface area contributed by atoms with Gasteiger partial charge >= 0.3 is 5.97 Å². The Hall–Kier alpha value is -1.53. The highest BCUT2D eigenvalue weighted by atomic mass is 16.7. The van der Waals surface area contributed by atoms with Crippen LogP contribution in [0.3, 0.4) is 0 Å². The number of aldehydes is 1. The SMILES string of the molecule is C=C(C=O)[C@]12O[C@@]13[C@H](CC(C)(C)[C@@H]3OC(=O)C(C)C)[C@H](C)[C@H](O)C2=O. The standard InChI is InChI=1S/C19H26O6/c1-9(2)15(23)24-16-17(5,6)7-12-11(4)13(21)14(22)18(10(3)8-20)19(12,16)25-18/h8-9,11-13,16,21H,3,7H2,1-2,4-6H3/t11-,12+,13-,16-,18+,19+/m0/s1. The Labute approximate surface area is 147 Å². The van der Waals surface area contributed by atoms with Crippen molar-refractivity contribution in [3.05, 3.63) is 12.2 Å². The summed E-state index contributed by atoms with van der Waals surface area (Å²) in [7, 11) is 0. The molecule has 0 aromatic rings. The molecule has 3 fully saturated rings. The first-order valence-corrected chi connectivity index (χ1v) is 8.75. The van der Waals surface area contributed by atoms with Gasteiger partial charge in [0.25, 0.3) is 0 Å². The molecule has 138 valence electrons. The van der Waals surface area contributed by atoms with Crippen LogP contribution in [0.1, 0.15) is 41.0 Å². The van der Waals surface area contributed by atoms with Crippen molar-refractivity contribution in [1.82, 2.24) is 0 Å². The number of carbonyl (C=O) groups excluding carboxylic acids is 3. The fourth-order valence-corrected chi connectivity index (χ4v) is 4.95. The van der Waals surface area contributed by atoms with E-state index in [1.165, 1.54) is 0 Å². The molecule has 0 radical (unpaired) electrons. The van der Waals surface area contributed by atoms with Crippen LogP contribution in [-0.2, 0) is 23.9 Å². The van der Waals surface area contributed by atoms with Gasteiger partial charge in [-0.15, -0.1) is 0 Å². The number of esters is 1. The summed E-state index contributed by atoms with van der Waals surface area (Å²) in [5.41, 5.74) is -3.18. The quantitative estimate of drug-likeness (QED) is 0.357. The summed E-state index contributed by atoms with van der Waals surface area (Å²) in [6.07, 6.45) is -0.801. The second-order valence-electron chi connectivity index (χ2n) is 8.66. The van der Waals surface area contributed by atoms with Crippen molar-refractivity contribution in [2.75, 3.05) is 0 Å². The van der Waals surface area contributed by atoms with Gasteiger partial charge in [-0.05, 0) is 12.3 Å². The number of Topliss-reactive ketones (excluding diaryl/α,β-unsaturated/α-hetero) is 1. The van der Waals surface area contributed by atoms with Crippen LogP contribution in [0.15, 0.2) is 12.2 Å². The molecule has 0 aromatic heterocycles. The van der Waals surface area contributed by atoms with Crippen molar-refractivity contribution in [2.24, 2.45) is 23.2 Å². The molecule has 1 spiro atoms. The minimum Gasteiger partial charge on any atom is -0.458 e. The zero-order valence-corrected chi connectivity index (χ0v) is 15.4. The predicted octanol–water partition coefficient (Wildman–Crippen LogP) is 1.44. The number of aliphatic hydroxyl groups excluding tert-OH is 1. The van der Waals surface area contributed by atoms with Gasteiger partial charge in [-0.25, -0.2) is 0 Å². The number of aliphatic hydroxyl groups is 1. The maximum atomic E-state index is 12.9. The third-order valence-electron chi connectivity index (χ3n) is 6.27. The van der Waals surface area contributed by atoms with Gasteiger partial charge in [0.2, 0.25) is 5.78 Å². The number of carbonyl (C=O) groups is 3. The second-order valence-corrected chi connectivity index (χ2v) is 8.66. The van der Waals surface area contributed by atoms with E-state index in [1.807, 2.05) is 13.8 Å². The van der Waals surface area contributed by atoms with Crippen LogP contribution in [-0.4, -0.2) is 46.6 Å². The molecule has 3 aliphatic rings. The number of ether oxygens (including phenoxy) is 2. The molecule has 1 saturated heterocycles. The summed E-state index contributed by atoms with van der Waals surface area (Å²) in [4.78, 5) is 36.6. The lowest BCUT2D eigenvalue weighted by Gasteiger charge is -2.37. The van der Waals surface area contributed by atoms with Crippen molar-refractivity contribution >= 4 is 18.0 Å². The van der Waals surface area contributed by atoms with Gasteiger partial charge in [-0.1, -0.05) is 41.2 Å². The van der Waals surface area contributed by atoms with Gasteiger partial charge in [0, 0.05) is 16.9 Å². The first kappa shape index (κ1) is 18.3. The number of hydrogen-bond acceptors (Lipinski definition) is 6. The summed E-state index contributed by atoms with van der Waals surface area (Å²) < 4.78 is 11.8. The molecule has 0 unspecified atom stereocenters. The van der Waals surface area contributed by atoms with Crippen molar-refractivity contribution < 1.29 is 29.0 Å². The largest absolute Gasteiger partial charge is 0.458 e. The first-order valence-electron chi connectivity index (χ1n) is 8.75. The Morgan fingerprint density at radius 1 is 1.44 bits per heavy atom. The Balaban J connectivity index is 2.12. The lowest BCUT2D eigenvalue weighted by atomic mass is 9.64. The molecule has 3 rings (SSSR count). The molecule has 2 aliphatic carbocycles. The maximum Gasteiger partial charge on any atom is 0.308 e. The van der Waals surface area contributed by atoms with Gasteiger partial charge < -0.3 is 14.6 Å². The van der Waals surface area contributed by atoms with Crippen molar-refractivity contribution in [3.8, 4) is 0 Å². The topological polar surface area (TPSA) is 93.2 Å². The third-order valence-corrected chi connectivity index (χ3v) is 6.27. The molecule has 0 aromatic carbocycles. The Kier molecular flexibility index (Phi) is 3.83. The average molecular weight is 350 g/mol. The highest BCUT2D eigenvalue weighted by Crippen LogP contribution is 2.72. The van der Waals surface area contributed by atoms with E-state index < -0.39 is 34.6 Å². The molecule has 0 bridgehead atoms. The molecule has 2 saturated carbocycles. The van der Waals surface area contributed by atoms with Gasteiger partial charge in [-0.3, -0.25) is 14.4 Å². The van der Waals surface area contributed by atoms with E-state index >= 15 is 0 Å². The molecule has 0 amide bonds. The van der Waals surface area contributed by atoms with E-state index in [0.717, 1.165) is 0 Å². The average Bonchev–Trinajstić information content (AvgIpc) is 3.19. The van der Waals surface area contributed by atoms with Gasteiger partial charge in [0.05, 0.1) is 5.92 Å². The second kappa shape index (κ2) is 5.24. The lowest BCUT2D eigenvalue weighted by Crippen LogP contribution is -2.58. The van der Waals surface area contributed by atoms with Crippen molar-refractivity contribution in [1.29, 1.82) is 0 Å². The molecule has 1 heterocycles. The van der Waals surface area contributed by atoms with Gasteiger partial charge in [0.15, 0.2) is 11.2 Å². The zero-order chi connectivity index (χ0) is 18.9. The monoisotopic (exact) mass is 350 g/mol. The summed E-state index contributed by atoms with van der Waals surface area (Å²) in [6.45, 7) is 12.9. The van der Waals surface area contributed by atoms with E-state index in [-0.39, 0.29) is 29.3 Å². The minimum atomic E-state index is -1.58. The molecule has 6 atom stereocenters. The summed E-state index contributed by atoms with van der Waals surface area (Å²) >= 11 is 0. The van der Waals surface area contributed by atoms with Gasteiger partial charge in [-0.2, -0.15) is 0 Å². The van der Waals surface area contributed by atoms with E-state index in [4.69, 9.17) is 9.47 Å². The summed E-state index contributed by atoms with van der Waals surface area (Å²) in [5, 5.41) is 10.4. The normalized spacial score (nSPS) is 44.0. The van der Waals surface area contributed by atoms with E-state index in [1.54, 1.807) is 20.8 Å². The highest BCUT2D eigenvalue weighted by molar-refractivity contribution is 6.05. The number of hydrogen-bond donors (Lipinski definition) is 1. The molecule has 25 heavy (non-hydrogen) atoms. The minimum absolute atomic E-state index is 0.0169. The molecule has 6 heteroatoms. The van der Waals surface area contributed by atoms with Crippen LogP contribution in [0.25, 0.3) is 0 Å². The third kappa shape index (κ3) is 2.01. The van der Waals surface area contributed by atoms with Crippen LogP contribution in [0, 0.1) is 23.2 Å². The summed E-state index contributed by atoms with van der Waals surface area (Å²) in [5.74, 6) is -1.82. The van der Waals surface area contributed by atoms with Crippen molar-refractivity contribution in [3.63, 3.8) is 0 Å².